The van der Waals surface area contributed by atoms with Gasteiger partial charge in [-0.25, -0.2) is 13.1 Å². The molecule has 0 amide bonds. The molecule has 0 atom stereocenters. The van der Waals surface area contributed by atoms with E-state index in [9.17, 15) is 8.42 Å². The van der Waals surface area contributed by atoms with Gasteiger partial charge in [0.2, 0.25) is 10.0 Å². The standard InChI is InChI=1S/C30H37N3O2S/c34-36(35,31-22-25-13-17-32(18-14-25)23-26-7-3-1-4-8-26)30-12-11-28-15-19-33(20-16-29(28)21-30)24-27-9-5-2-6-10-27/h1-12,21,25,31H,13-20,22-24H2. The van der Waals surface area contributed by atoms with Crippen LogP contribution in [0, 0.1) is 5.92 Å². The van der Waals surface area contributed by atoms with E-state index in [4.69, 9.17) is 0 Å². The Hall–Kier alpha value is -2.51. The molecule has 1 N–H and O–H groups in total. The molecule has 2 aliphatic heterocycles. The monoisotopic (exact) mass is 503 g/mol. The van der Waals surface area contributed by atoms with E-state index in [-0.39, 0.29) is 0 Å². The fraction of sp³-hybridized carbons (Fsp3) is 0.400. The SMILES string of the molecule is O=S(=O)(NCC1CCN(Cc2ccccc2)CC1)c1ccc2c(c1)CCN(Cc1ccccc1)CC2. The van der Waals surface area contributed by atoms with Gasteiger partial charge < -0.3 is 0 Å². The largest absolute Gasteiger partial charge is 0.299 e. The molecule has 0 spiro atoms. The summed E-state index contributed by atoms with van der Waals surface area (Å²) in [6.07, 6.45) is 3.89. The van der Waals surface area contributed by atoms with Gasteiger partial charge in [-0.05, 0) is 79.1 Å². The molecule has 0 bridgehead atoms. The molecule has 5 nitrogen and oxygen atoms in total. The van der Waals surface area contributed by atoms with Gasteiger partial charge in [0.1, 0.15) is 0 Å². The zero-order chi connectivity index (χ0) is 24.8. The van der Waals surface area contributed by atoms with Crippen LogP contribution in [-0.4, -0.2) is 50.9 Å². The summed E-state index contributed by atoms with van der Waals surface area (Å²) in [5, 5.41) is 0. The lowest BCUT2D eigenvalue weighted by molar-refractivity contribution is 0.178. The molecular weight excluding hydrogens is 466 g/mol. The van der Waals surface area contributed by atoms with Crippen LogP contribution in [0.15, 0.2) is 83.8 Å². The van der Waals surface area contributed by atoms with E-state index >= 15 is 0 Å². The van der Waals surface area contributed by atoms with Crippen molar-refractivity contribution >= 4 is 10.0 Å². The highest BCUT2D eigenvalue weighted by molar-refractivity contribution is 7.89. The third kappa shape index (κ3) is 6.62. The number of likely N-dealkylation sites (tertiary alicyclic amines) is 1. The Morgan fingerprint density at radius 3 is 1.86 bits per heavy atom. The molecule has 1 fully saturated rings. The lowest BCUT2D eigenvalue weighted by Gasteiger charge is -2.32. The lowest BCUT2D eigenvalue weighted by Crippen LogP contribution is -2.38. The molecule has 0 saturated carbocycles. The van der Waals surface area contributed by atoms with Crippen molar-refractivity contribution in [2.24, 2.45) is 5.92 Å². The molecule has 2 aliphatic rings. The number of rotatable bonds is 8. The van der Waals surface area contributed by atoms with E-state index in [0.29, 0.717) is 17.4 Å². The summed E-state index contributed by atoms with van der Waals surface area (Å²) in [5.74, 6) is 0.388. The van der Waals surface area contributed by atoms with Gasteiger partial charge >= 0.3 is 0 Å². The zero-order valence-electron chi connectivity index (χ0n) is 21.0. The van der Waals surface area contributed by atoms with E-state index in [1.807, 2.05) is 24.3 Å². The Bertz CT molecular complexity index is 1220. The lowest BCUT2D eigenvalue weighted by atomic mass is 9.97. The van der Waals surface area contributed by atoms with Crippen LogP contribution in [0.4, 0.5) is 0 Å². The van der Waals surface area contributed by atoms with E-state index in [2.05, 4.69) is 63.1 Å². The van der Waals surface area contributed by atoms with Gasteiger partial charge in [-0.15, -0.1) is 0 Å². The van der Waals surface area contributed by atoms with Gasteiger partial charge in [-0.2, -0.15) is 0 Å². The number of piperidine rings is 1. The minimum absolute atomic E-state index is 0.388. The second-order valence-corrected chi connectivity index (χ2v) is 12.0. The molecule has 3 aromatic rings. The number of hydrogen-bond donors (Lipinski definition) is 1. The Morgan fingerprint density at radius 1 is 0.694 bits per heavy atom. The van der Waals surface area contributed by atoms with Crippen molar-refractivity contribution in [3.63, 3.8) is 0 Å². The van der Waals surface area contributed by atoms with Gasteiger partial charge in [-0.3, -0.25) is 9.80 Å². The smallest absolute Gasteiger partial charge is 0.240 e. The van der Waals surface area contributed by atoms with Crippen molar-refractivity contribution in [1.82, 2.24) is 14.5 Å². The van der Waals surface area contributed by atoms with Crippen LogP contribution in [0.25, 0.3) is 0 Å². The van der Waals surface area contributed by atoms with E-state index < -0.39 is 10.0 Å². The minimum atomic E-state index is -3.51. The molecule has 5 rings (SSSR count). The van der Waals surface area contributed by atoms with Crippen molar-refractivity contribution in [3.05, 3.63) is 101 Å². The van der Waals surface area contributed by atoms with Crippen LogP contribution in [0.5, 0.6) is 0 Å². The van der Waals surface area contributed by atoms with Crippen LogP contribution >= 0.6 is 0 Å². The summed E-state index contributed by atoms with van der Waals surface area (Å²) in [4.78, 5) is 5.33. The summed E-state index contributed by atoms with van der Waals surface area (Å²) in [6.45, 7) is 6.39. The predicted octanol–water partition coefficient (Wildman–Crippen LogP) is 4.48. The second kappa shape index (κ2) is 11.7. The molecule has 6 heteroatoms. The molecule has 3 aromatic carbocycles. The van der Waals surface area contributed by atoms with Gasteiger partial charge in [0.25, 0.3) is 0 Å². The molecule has 36 heavy (non-hydrogen) atoms. The normalized spacial score (nSPS) is 18.0. The highest BCUT2D eigenvalue weighted by atomic mass is 32.2. The van der Waals surface area contributed by atoms with E-state index in [1.54, 1.807) is 6.07 Å². The molecular formula is C30H37N3O2S. The Balaban J connectivity index is 1.13. The van der Waals surface area contributed by atoms with Crippen molar-refractivity contribution < 1.29 is 8.42 Å². The molecule has 2 heterocycles. The van der Waals surface area contributed by atoms with Crippen molar-refractivity contribution in [1.29, 1.82) is 0 Å². The van der Waals surface area contributed by atoms with E-state index in [0.717, 1.165) is 65.0 Å². The highest BCUT2D eigenvalue weighted by Crippen LogP contribution is 2.23. The topological polar surface area (TPSA) is 52.7 Å². The van der Waals surface area contributed by atoms with E-state index in [1.165, 1.54) is 22.3 Å². The number of nitrogens with one attached hydrogen (secondary N) is 1. The van der Waals surface area contributed by atoms with Crippen LogP contribution in [-0.2, 0) is 36.0 Å². The Labute approximate surface area is 216 Å². The summed E-state index contributed by atoms with van der Waals surface area (Å²) in [6, 6.07) is 26.8. The predicted molar refractivity (Wildman–Crippen MR) is 145 cm³/mol. The fourth-order valence-electron chi connectivity index (χ4n) is 5.42. The highest BCUT2D eigenvalue weighted by Gasteiger charge is 2.23. The summed E-state index contributed by atoms with van der Waals surface area (Å²) in [7, 11) is -3.51. The third-order valence-electron chi connectivity index (χ3n) is 7.65. The first-order valence-corrected chi connectivity index (χ1v) is 14.7. The van der Waals surface area contributed by atoms with Gasteiger partial charge in [0, 0.05) is 32.7 Å². The first-order valence-electron chi connectivity index (χ1n) is 13.2. The number of fused-ring (bicyclic) bond motifs is 1. The maximum atomic E-state index is 13.1. The van der Waals surface area contributed by atoms with Crippen molar-refractivity contribution in [3.8, 4) is 0 Å². The van der Waals surface area contributed by atoms with Crippen molar-refractivity contribution in [2.75, 3.05) is 32.7 Å². The average Bonchev–Trinajstić information content (AvgIpc) is 3.11. The number of sulfonamides is 1. The summed E-state index contributed by atoms with van der Waals surface area (Å²) < 4.78 is 29.2. The van der Waals surface area contributed by atoms with Crippen LogP contribution in [0.1, 0.15) is 35.1 Å². The quantitative estimate of drug-likeness (QED) is 0.493. The summed E-state index contributed by atoms with van der Waals surface area (Å²) in [5.41, 5.74) is 5.10. The number of nitrogens with zero attached hydrogens (tertiary/aromatic N) is 2. The van der Waals surface area contributed by atoms with Crippen LogP contribution in [0.2, 0.25) is 0 Å². The zero-order valence-corrected chi connectivity index (χ0v) is 21.8. The molecule has 190 valence electrons. The number of hydrogen-bond acceptors (Lipinski definition) is 4. The Kier molecular flexibility index (Phi) is 8.17. The first-order chi connectivity index (χ1) is 17.5. The average molecular weight is 504 g/mol. The second-order valence-electron chi connectivity index (χ2n) is 10.2. The molecule has 1 saturated heterocycles. The van der Waals surface area contributed by atoms with Gasteiger partial charge in [0.05, 0.1) is 4.90 Å². The maximum absolute atomic E-state index is 13.1. The van der Waals surface area contributed by atoms with Gasteiger partial charge in [0.15, 0.2) is 0 Å². The fourth-order valence-corrected chi connectivity index (χ4v) is 6.58. The number of benzene rings is 3. The molecule has 0 aliphatic carbocycles. The van der Waals surface area contributed by atoms with Gasteiger partial charge in [-0.1, -0.05) is 66.7 Å². The first kappa shape index (κ1) is 25.2. The van der Waals surface area contributed by atoms with Crippen LogP contribution in [0.3, 0.4) is 0 Å². The van der Waals surface area contributed by atoms with Crippen LogP contribution < -0.4 is 4.72 Å². The minimum Gasteiger partial charge on any atom is -0.299 e. The molecule has 0 aromatic heterocycles. The molecule has 0 unspecified atom stereocenters. The maximum Gasteiger partial charge on any atom is 0.240 e. The summed E-state index contributed by atoms with van der Waals surface area (Å²) >= 11 is 0. The van der Waals surface area contributed by atoms with Crippen molar-refractivity contribution in [2.45, 2.75) is 43.7 Å². The third-order valence-corrected chi connectivity index (χ3v) is 9.07. The Morgan fingerprint density at radius 2 is 1.25 bits per heavy atom. The molecule has 0 radical (unpaired) electrons.